The van der Waals surface area contributed by atoms with Crippen LogP contribution in [-0.4, -0.2) is 30.8 Å². The predicted octanol–water partition coefficient (Wildman–Crippen LogP) is 2.29. The molecule has 7 heteroatoms. The average molecular weight is 319 g/mol. The maximum Gasteiger partial charge on any atom is 0.224 e. The third-order valence-corrected chi connectivity index (χ3v) is 3.92. The highest BCUT2D eigenvalue weighted by Gasteiger charge is 2.10. The lowest BCUT2D eigenvalue weighted by atomic mass is 10.1. The molecule has 0 aliphatic heterocycles. The highest BCUT2D eigenvalue weighted by Crippen LogP contribution is 2.21. The molecule has 2 aromatic rings. The molecule has 1 N–H and O–H groups in total. The zero-order chi connectivity index (χ0) is 16.2. The lowest BCUT2D eigenvalue weighted by molar-refractivity contribution is -0.116. The Morgan fingerprint density at radius 1 is 1.18 bits per heavy atom. The van der Waals surface area contributed by atoms with Crippen molar-refractivity contribution in [2.24, 2.45) is 0 Å². The fourth-order valence-electron chi connectivity index (χ4n) is 1.88. The molecule has 0 aliphatic rings. The number of sulfone groups is 1. The van der Waals surface area contributed by atoms with Gasteiger partial charge in [0, 0.05) is 23.9 Å². The van der Waals surface area contributed by atoms with Crippen LogP contribution in [-0.2, 0) is 14.6 Å². The molecular formula is C15H17N3O3S. The summed E-state index contributed by atoms with van der Waals surface area (Å²) in [5, 5.41) is 10.4. The monoisotopic (exact) mass is 319 g/mol. The molecule has 0 unspecified atom stereocenters. The summed E-state index contributed by atoms with van der Waals surface area (Å²) in [5.74, 6) is -0.0434. The average Bonchev–Trinajstić information content (AvgIpc) is 2.47. The standard InChI is InChI=1S/C15H17N3O3S/c1-3-5-14(19)16-12-7-4-6-11(10-12)13-8-9-15(18-17-13)22(2,20)21/h4,6-10H,3,5H2,1-2H3,(H,16,19). The van der Waals surface area contributed by atoms with E-state index in [4.69, 9.17) is 0 Å². The Morgan fingerprint density at radius 3 is 2.55 bits per heavy atom. The number of hydrogen-bond acceptors (Lipinski definition) is 5. The normalized spacial score (nSPS) is 11.2. The van der Waals surface area contributed by atoms with Crippen molar-refractivity contribution < 1.29 is 13.2 Å². The van der Waals surface area contributed by atoms with E-state index in [9.17, 15) is 13.2 Å². The van der Waals surface area contributed by atoms with Gasteiger partial charge in [0.2, 0.25) is 5.91 Å². The number of rotatable bonds is 5. The van der Waals surface area contributed by atoms with Gasteiger partial charge < -0.3 is 5.32 Å². The molecule has 22 heavy (non-hydrogen) atoms. The first-order chi connectivity index (χ1) is 10.4. The van der Waals surface area contributed by atoms with Gasteiger partial charge in [0.15, 0.2) is 14.9 Å². The maximum absolute atomic E-state index is 11.6. The number of amides is 1. The van der Waals surface area contributed by atoms with Gasteiger partial charge in [-0.15, -0.1) is 10.2 Å². The zero-order valence-electron chi connectivity index (χ0n) is 12.4. The molecule has 1 aromatic heterocycles. The quantitative estimate of drug-likeness (QED) is 0.913. The molecule has 116 valence electrons. The van der Waals surface area contributed by atoms with Crippen molar-refractivity contribution in [1.29, 1.82) is 0 Å². The number of nitrogens with one attached hydrogen (secondary N) is 1. The molecule has 2 rings (SSSR count). The second kappa shape index (κ2) is 6.65. The molecule has 0 saturated heterocycles. The van der Waals surface area contributed by atoms with Crippen LogP contribution in [0.1, 0.15) is 19.8 Å². The van der Waals surface area contributed by atoms with Gasteiger partial charge in [0.05, 0.1) is 5.69 Å². The SMILES string of the molecule is CCCC(=O)Nc1cccc(-c2ccc(S(C)(=O)=O)nn2)c1. The largest absolute Gasteiger partial charge is 0.326 e. The van der Waals surface area contributed by atoms with E-state index < -0.39 is 9.84 Å². The predicted molar refractivity (Wildman–Crippen MR) is 84.1 cm³/mol. The van der Waals surface area contributed by atoms with Gasteiger partial charge >= 0.3 is 0 Å². The summed E-state index contributed by atoms with van der Waals surface area (Å²) in [6, 6.07) is 10.2. The van der Waals surface area contributed by atoms with Crippen molar-refractivity contribution in [2.75, 3.05) is 11.6 Å². The molecule has 0 saturated carbocycles. The van der Waals surface area contributed by atoms with E-state index in [1.807, 2.05) is 13.0 Å². The Kier molecular flexibility index (Phi) is 4.87. The smallest absolute Gasteiger partial charge is 0.224 e. The molecule has 0 aliphatic carbocycles. The van der Waals surface area contributed by atoms with E-state index in [0.29, 0.717) is 17.8 Å². The molecule has 6 nitrogen and oxygen atoms in total. The molecule has 0 fully saturated rings. The molecule has 0 atom stereocenters. The third kappa shape index (κ3) is 4.11. The number of carbonyl (C=O) groups excluding carboxylic acids is 1. The Bertz CT molecular complexity index is 771. The number of hydrogen-bond donors (Lipinski definition) is 1. The summed E-state index contributed by atoms with van der Waals surface area (Å²) in [4.78, 5) is 11.6. The lowest BCUT2D eigenvalue weighted by Crippen LogP contribution is -2.10. The molecule has 1 amide bonds. The summed E-state index contributed by atoms with van der Waals surface area (Å²) in [5.41, 5.74) is 1.96. The summed E-state index contributed by atoms with van der Waals surface area (Å²) >= 11 is 0. The van der Waals surface area contributed by atoms with Crippen LogP contribution < -0.4 is 5.32 Å². The van der Waals surface area contributed by atoms with E-state index >= 15 is 0 Å². The first-order valence-electron chi connectivity index (χ1n) is 6.84. The van der Waals surface area contributed by atoms with Crippen LogP contribution in [0.2, 0.25) is 0 Å². The lowest BCUT2D eigenvalue weighted by Gasteiger charge is -2.07. The van der Waals surface area contributed by atoms with Crippen LogP contribution in [0.4, 0.5) is 5.69 Å². The Morgan fingerprint density at radius 2 is 1.95 bits per heavy atom. The van der Waals surface area contributed by atoms with Crippen molar-refractivity contribution in [3.8, 4) is 11.3 Å². The number of carbonyl (C=O) groups is 1. The van der Waals surface area contributed by atoms with Gasteiger partial charge in [-0.2, -0.15) is 0 Å². The van der Waals surface area contributed by atoms with E-state index in [1.165, 1.54) is 6.07 Å². The molecular weight excluding hydrogens is 302 g/mol. The van der Waals surface area contributed by atoms with E-state index in [1.54, 1.807) is 24.3 Å². The fourth-order valence-corrected chi connectivity index (χ4v) is 2.38. The van der Waals surface area contributed by atoms with E-state index in [0.717, 1.165) is 18.2 Å². The van der Waals surface area contributed by atoms with Gasteiger partial charge in [0.25, 0.3) is 0 Å². The van der Waals surface area contributed by atoms with Crippen molar-refractivity contribution in [2.45, 2.75) is 24.8 Å². The first kappa shape index (κ1) is 16.1. The van der Waals surface area contributed by atoms with Crippen molar-refractivity contribution in [3.63, 3.8) is 0 Å². The van der Waals surface area contributed by atoms with Gasteiger partial charge in [-0.25, -0.2) is 8.42 Å². The van der Waals surface area contributed by atoms with Gasteiger partial charge in [-0.05, 0) is 30.7 Å². The van der Waals surface area contributed by atoms with Crippen LogP contribution in [0.3, 0.4) is 0 Å². The third-order valence-electron chi connectivity index (χ3n) is 2.94. The summed E-state index contributed by atoms with van der Waals surface area (Å²) < 4.78 is 22.7. The van der Waals surface area contributed by atoms with Gasteiger partial charge in [-0.3, -0.25) is 4.79 Å². The number of benzene rings is 1. The molecule has 0 bridgehead atoms. The number of nitrogens with zero attached hydrogens (tertiary/aromatic N) is 2. The topological polar surface area (TPSA) is 89.0 Å². The second-order valence-corrected chi connectivity index (χ2v) is 6.87. The number of anilines is 1. The fraction of sp³-hybridized carbons (Fsp3) is 0.267. The van der Waals surface area contributed by atoms with Crippen LogP contribution in [0, 0.1) is 0 Å². The molecule has 1 aromatic carbocycles. The molecule has 0 radical (unpaired) electrons. The Labute approximate surface area is 129 Å². The van der Waals surface area contributed by atoms with Gasteiger partial charge in [-0.1, -0.05) is 19.1 Å². The minimum Gasteiger partial charge on any atom is -0.326 e. The van der Waals surface area contributed by atoms with Crippen LogP contribution in [0.5, 0.6) is 0 Å². The van der Waals surface area contributed by atoms with Crippen LogP contribution in [0.25, 0.3) is 11.3 Å². The minimum atomic E-state index is -3.36. The molecule has 1 heterocycles. The molecule has 0 spiro atoms. The second-order valence-electron chi connectivity index (χ2n) is 4.91. The van der Waals surface area contributed by atoms with Crippen molar-refractivity contribution in [3.05, 3.63) is 36.4 Å². The van der Waals surface area contributed by atoms with E-state index in [-0.39, 0.29) is 10.9 Å². The minimum absolute atomic E-state index is 0.0434. The first-order valence-corrected chi connectivity index (χ1v) is 8.73. The van der Waals surface area contributed by atoms with Crippen molar-refractivity contribution >= 4 is 21.4 Å². The highest BCUT2D eigenvalue weighted by atomic mass is 32.2. The maximum atomic E-state index is 11.6. The Balaban J connectivity index is 2.24. The summed E-state index contributed by atoms with van der Waals surface area (Å²) in [7, 11) is -3.36. The summed E-state index contributed by atoms with van der Waals surface area (Å²) in [6.07, 6.45) is 2.33. The van der Waals surface area contributed by atoms with Crippen LogP contribution in [0.15, 0.2) is 41.4 Å². The summed E-state index contributed by atoms with van der Waals surface area (Å²) in [6.45, 7) is 1.94. The highest BCUT2D eigenvalue weighted by molar-refractivity contribution is 7.90. The van der Waals surface area contributed by atoms with Crippen molar-refractivity contribution in [1.82, 2.24) is 10.2 Å². The van der Waals surface area contributed by atoms with Crippen LogP contribution >= 0.6 is 0 Å². The zero-order valence-corrected chi connectivity index (χ0v) is 13.2. The Hall–Kier alpha value is -2.28. The van der Waals surface area contributed by atoms with E-state index in [2.05, 4.69) is 15.5 Å². The van der Waals surface area contributed by atoms with Gasteiger partial charge in [0.1, 0.15) is 0 Å². The number of aromatic nitrogens is 2.